The molecule has 0 N–H and O–H groups in total. The first kappa shape index (κ1) is 19.9. The standard InChI is InChI=1S/C20H17Cl3N2O2S/c1-11-15(22)6-7-17-18(11)24-20(28-17)25(10-13-3-2-8-27-13)19(26)14-5-4-12(21)9-16(14)23/h4-7,9,13H,2-3,8,10H2,1H3. The van der Waals surface area contributed by atoms with E-state index in [0.29, 0.717) is 38.9 Å². The van der Waals surface area contributed by atoms with Gasteiger partial charge in [-0.15, -0.1) is 0 Å². The van der Waals surface area contributed by atoms with Crippen LogP contribution in [0.3, 0.4) is 0 Å². The van der Waals surface area contributed by atoms with E-state index in [1.165, 1.54) is 11.3 Å². The van der Waals surface area contributed by atoms with Crippen molar-refractivity contribution in [2.45, 2.75) is 25.9 Å². The molecule has 0 bridgehead atoms. The highest BCUT2D eigenvalue weighted by atomic mass is 35.5. The number of rotatable bonds is 4. The number of hydrogen-bond acceptors (Lipinski definition) is 4. The Morgan fingerprint density at radius 1 is 1.25 bits per heavy atom. The lowest BCUT2D eigenvalue weighted by atomic mass is 10.1. The summed E-state index contributed by atoms with van der Waals surface area (Å²) in [6.07, 6.45) is 1.88. The highest BCUT2D eigenvalue weighted by Crippen LogP contribution is 2.35. The third kappa shape index (κ3) is 3.87. The minimum Gasteiger partial charge on any atom is -0.376 e. The number of aromatic nitrogens is 1. The maximum Gasteiger partial charge on any atom is 0.261 e. The largest absolute Gasteiger partial charge is 0.376 e. The van der Waals surface area contributed by atoms with Gasteiger partial charge in [-0.2, -0.15) is 0 Å². The molecular formula is C20H17Cl3N2O2S. The fraction of sp³-hybridized carbons (Fsp3) is 0.300. The summed E-state index contributed by atoms with van der Waals surface area (Å²) in [5, 5.41) is 2.06. The summed E-state index contributed by atoms with van der Waals surface area (Å²) in [7, 11) is 0. The molecule has 4 nitrogen and oxygen atoms in total. The van der Waals surface area contributed by atoms with Crippen molar-refractivity contribution in [3.8, 4) is 0 Å². The zero-order valence-electron chi connectivity index (χ0n) is 15.0. The second kappa shape index (κ2) is 8.17. The maximum absolute atomic E-state index is 13.4. The molecule has 1 atom stereocenters. The quantitative estimate of drug-likeness (QED) is 0.458. The molecule has 0 spiro atoms. The van der Waals surface area contributed by atoms with Gasteiger partial charge in [0.2, 0.25) is 0 Å². The van der Waals surface area contributed by atoms with Crippen LogP contribution < -0.4 is 4.90 Å². The van der Waals surface area contributed by atoms with Crippen LogP contribution >= 0.6 is 46.1 Å². The van der Waals surface area contributed by atoms with Gasteiger partial charge < -0.3 is 4.74 Å². The molecule has 8 heteroatoms. The van der Waals surface area contributed by atoms with E-state index in [4.69, 9.17) is 44.5 Å². The van der Waals surface area contributed by atoms with Crippen molar-refractivity contribution in [3.63, 3.8) is 0 Å². The number of aryl methyl sites for hydroxylation is 1. The predicted molar refractivity (Wildman–Crippen MR) is 116 cm³/mol. The third-order valence-corrected chi connectivity index (χ3v) is 6.79. The topological polar surface area (TPSA) is 42.4 Å². The van der Waals surface area contributed by atoms with Crippen molar-refractivity contribution in [1.82, 2.24) is 4.98 Å². The number of hydrogen-bond donors (Lipinski definition) is 0. The van der Waals surface area contributed by atoms with Gasteiger partial charge in [-0.25, -0.2) is 4.98 Å². The lowest BCUT2D eigenvalue weighted by molar-refractivity contribution is 0.0917. The highest BCUT2D eigenvalue weighted by molar-refractivity contribution is 7.22. The molecule has 2 aromatic carbocycles. The fourth-order valence-electron chi connectivity index (χ4n) is 3.25. The minimum absolute atomic E-state index is 0.0216. The number of halogens is 3. The van der Waals surface area contributed by atoms with Crippen molar-refractivity contribution in [2.75, 3.05) is 18.1 Å². The minimum atomic E-state index is -0.222. The number of carbonyl (C=O) groups is 1. The van der Waals surface area contributed by atoms with Gasteiger partial charge in [0.1, 0.15) is 0 Å². The van der Waals surface area contributed by atoms with Gasteiger partial charge in [0.25, 0.3) is 5.91 Å². The molecule has 1 unspecified atom stereocenters. The summed E-state index contributed by atoms with van der Waals surface area (Å²) in [6, 6.07) is 8.65. The van der Waals surface area contributed by atoms with Gasteiger partial charge in [0.05, 0.1) is 33.5 Å². The number of anilines is 1. The molecule has 1 aromatic heterocycles. The summed E-state index contributed by atoms with van der Waals surface area (Å²) in [4.78, 5) is 19.8. The zero-order chi connectivity index (χ0) is 19.8. The molecule has 1 fully saturated rings. The molecule has 0 radical (unpaired) electrons. The van der Waals surface area contributed by atoms with Crippen LogP contribution in [-0.2, 0) is 4.74 Å². The number of fused-ring (bicyclic) bond motifs is 1. The molecule has 0 aliphatic carbocycles. The van der Waals surface area contributed by atoms with Crippen LogP contribution in [0.4, 0.5) is 5.13 Å². The number of benzene rings is 2. The van der Waals surface area contributed by atoms with Crippen molar-refractivity contribution >= 4 is 67.4 Å². The first-order chi connectivity index (χ1) is 13.4. The molecule has 1 aliphatic heterocycles. The van der Waals surface area contributed by atoms with Gasteiger partial charge in [-0.05, 0) is 55.7 Å². The molecule has 3 aromatic rings. The van der Waals surface area contributed by atoms with Gasteiger partial charge in [0.15, 0.2) is 5.13 Å². The average Bonchev–Trinajstić information content (AvgIpc) is 3.32. The van der Waals surface area contributed by atoms with Crippen LogP contribution in [0.25, 0.3) is 10.2 Å². The van der Waals surface area contributed by atoms with Crippen LogP contribution in [0.15, 0.2) is 30.3 Å². The van der Waals surface area contributed by atoms with Crippen molar-refractivity contribution < 1.29 is 9.53 Å². The van der Waals surface area contributed by atoms with Crippen LogP contribution in [0.5, 0.6) is 0 Å². The number of amides is 1. The first-order valence-corrected chi connectivity index (χ1v) is 10.8. The Hall–Kier alpha value is -1.37. The SMILES string of the molecule is Cc1c(Cl)ccc2sc(N(CC3CCCO3)C(=O)c3ccc(Cl)cc3Cl)nc12. The first-order valence-electron chi connectivity index (χ1n) is 8.88. The fourth-order valence-corrected chi connectivity index (χ4v) is 4.93. The lowest BCUT2D eigenvalue weighted by Crippen LogP contribution is -2.37. The van der Waals surface area contributed by atoms with E-state index in [-0.39, 0.29) is 12.0 Å². The Morgan fingerprint density at radius 2 is 2.07 bits per heavy atom. The third-order valence-electron chi connectivity index (χ3n) is 4.78. The number of ether oxygens (including phenoxy) is 1. The monoisotopic (exact) mass is 454 g/mol. The van der Waals surface area contributed by atoms with Gasteiger partial charge in [0, 0.05) is 16.7 Å². The lowest BCUT2D eigenvalue weighted by Gasteiger charge is -2.23. The van der Waals surface area contributed by atoms with E-state index < -0.39 is 0 Å². The van der Waals surface area contributed by atoms with E-state index in [0.717, 1.165) is 28.6 Å². The molecular weight excluding hydrogens is 439 g/mol. The Balaban J connectivity index is 1.76. The summed E-state index contributed by atoms with van der Waals surface area (Å²) < 4.78 is 6.74. The van der Waals surface area contributed by atoms with Crippen LogP contribution in [0.2, 0.25) is 15.1 Å². The molecule has 146 valence electrons. The highest BCUT2D eigenvalue weighted by Gasteiger charge is 2.28. The summed E-state index contributed by atoms with van der Waals surface area (Å²) in [6.45, 7) is 3.06. The van der Waals surface area contributed by atoms with Crippen molar-refractivity contribution in [3.05, 3.63) is 56.5 Å². The molecule has 4 rings (SSSR count). The van der Waals surface area contributed by atoms with E-state index >= 15 is 0 Å². The van der Waals surface area contributed by atoms with Crippen LogP contribution in [0.1, 0.15) is 28.8 Å². The number of nitrogens with zero attached hydrogens (tertiary/aromatic N) is 2. The van der Waals surface area contributed by atoms with Crippen LogP contribution in [0, 0.1) is 6.92 Å². The maximum atomic E-state index is 13.4. The summed E-state index contributed by atoms with van der Waals surface area (Å²) in [5.41, 5.74) is 2.09. The average molecular weight is 456 g/mol. The molecule has 1 saturated heterocycles. The van der Waals surface area contributed by atoms with Crippen LogP contribution in [-0.4, -0.2) is 30.1 Å². The van der Waals surface area contributed by atoms with Gasteiger partial charge >= 0.3 is 0 Å². The molecule has 1 amide bonds. The van der Waals surface area contributed by atoms with Gasteiger partial charge in [-0.1, -0.05) is 46.1 Å². The second-order valence-electron chi connectivity index (χ2n) is 6.69. The summed E-state index contributed by atoms with van der Waals surface area (Å²) >= 11 is 20.0. The Bertz CT molecular complexity index is 1050. The predicted octanol–water partition coefficient (Wildman–Crippen LogP) is 6.39. The van der Waals surface area contributed by atoms with E-state index in [2.05, 4.69) is 0 Å². The molecule has 0 saturated carbocycles. The normalized spacial score (nSPS) is 16.6. The number of thiazole rings is 1. The van der Waals surface area contributed by atoms with E-state index in [1.54, 1.807) is 23.1 Å². The second-order valence-corrected chi connectivity index (χ2v) is 8.95. The molecule has 2 heterocycles. The zero-order valence-corrected chi connectivity index (χ0v) is 18.1. The molecule has 28 heavy (non-hydrogen) atoms. The van der Waals surface area contributed by atoms with Gasteiger partial charge in [-0.3, -0.25) is 9.69 Å². The Labute approximate surface area is 182 Å². The Kier molecular flexibility index (Phi) is 5.81. The number of carbonyl (C=O) groups excluding carboxylic acids is 1. The smallest absolute Gasteiger partial charge is 0.261 e. The van der Waals surface area contributed by atoms with E-state index in [9.17, 15) is 4.79 Å². The van der Waals surface area contributed by atoms with E-state index in [1.807, 2.05) is 19.1 Å². The Morgan fingerprint density at radius 3 is 2.79 bits per heavy atom. The van der Waals surface area contributed by atoms with Crippen molar-refractivity contribution in [2.24, 2.45) is 0 Å². The summed E-state index contributed by atoms with van der Waals surface area (Å²) in [5.74, 6) is -0.222. The van der Waals surface area contributed by atoms with Crippen molar-refractivity contribution in [1.29, 1.82) is 0 Å². The molecule has 1 aliphatic rings.